The third-order valence-electron chi connectivity index (χ3n) is 4.13. The molecule has 0 spiro atoms. The summed E-state index contributed by atoms with van der Waals surface area (Å²) in [6, 6.07) is 4.85. The molecule has 1 atom stereocenters. The summed E-state index contributed by atoms with van der Waals surface area (Å²) in [7, 11) is 0. The fraction of sp³-hybridized carbons (Fsp3) is 0.529. The van der Waals surface area contributed by atoms with Crippen LogP contribution in [-0.4, -0.2) is 18.5 Å². The third kappa shape index (κ3) is 4.85. The highest BCUT2D eigenvalue weighted by Gasteiger charge is 2.36. The lowest BCUT2D eigenvalue weighted by molar-refractivity contribution is -0.153. The molecule has 0 heterocycles. The van der Waals surface area contributed by atoms with E-state index in [2.05, 4.69) is 5.32 Å². The number of hydrogen-bond donors (Lipinski definition) is 1. The Hall–Kier alpha value is -1.26. The summed E-state index contributed by atoms with van der Waals surface area (Å²) < 4.78 is 5.11. The van der Waals surface area contributed by atoms with Crippen LogP contribution in [0, 0.1) is 11.8 Å². The average Bonchev–Trinajstić information content (AvgIpc) is 2.52. The van der Waals surface area contributed by atoms with Crippen molar-refractivity contribution < 1.29 is 14.3 Å². The molecule has 0 aromatic heterocycles. The molecule has 1 amide bonds. The van der Waals surface area contributed by atoms with Gasteiger partial charge in [0.25, 0.3) is 0 Å². The summed E-state index contributed by atoms with van der Waals surface area (Å²) in [6.45, 7) is 2.01. The van der Waals surface area contributed by atoms with Crippen molar-refractivity contribution >= 4 is 40.8 Å². The van der Waals surface area contributed by atoms with E-state index >= 15 is 0 Å². The maximum Gasteiger partial charge on any atom is 0.318 e. The van der Waals surface area contributed by atoms with Crippen molar-refractivity contribution in [3.05, 3.63) is 28.2 Å². The smallest absolute Gasteiger partial charge is 0.318 e. The van der Waals surface area contributed by atoms with Crippen molar-refractivity contribution in [3.8, 4) is 0 Å². The van der Waals surface area contributed by atoms with Gasteiger partial charge in [0.05, 0.1) is 16.7 Å². The van der Waals surface area contributed by atoms with E-state index in [9.17, 15) is 9.59 Å². The summed E-state index contributed by atoms with van der Waals surface area (Å²) in [4.78, 5) is 24.9. The molecule has 4 nitrogen and oxygen atoms in total. The van der Waals surface area contributed by atoms with Gasteiger partial charge in [0, 0.05) is 5.69 Å². The SMILES string of the molecule is CCOC(=O)[C@@H](C(=O)Nc1ccc(Cl)c(Cl)c1)C1CCCCC1. The minimum absolute atomic E-state index is 0.0329. The summed E-state index contributed by atoms with van der Waals surface area (Å²) in [6.07, 6.45) is 4.98. The van der Waals surface area contributed by atoms with E-state index in [-0.39, 0.29) is 18.4 Å². The van der Waals surface area contributed by atoms with Crippen molar-refractivity contribution in [1.82, 2.24) is 0 Å². The molecule has 0 radical (unpaired) electrons. The van der Waals surface area contributed by atoms with Crippen LogP contribution in [-0.2, 0) is 14.3 Å². The van der Waals surface area contributed by atoms with Gasteiger partial charge in [0.15, 0.2) is 0 Å². The van der Waals surface area contributed by atoms with Gasteiger partial charge in [0.1, 0.15) is 5.92 Å². The standard InChI is InChI=1S/C17H21Cl2NO3/c1-2-23-17(22)15(11-6-4-3-5-7-11)16(21)20-12-8-9-13(18)14(19)10-12/h8-11,15H,2-7H2,1H3,(H,20,21)/t15-/m1/s1. The second-order valence-corrected chi connectivity index (χ2v) is 6.56. The fourth-order valence-electron chi connectivity index (χ4n) is 3.01. The zero-order valence-electron chi connectivity index (χ0n) is 13.1. The largest absolute Gasteiger partial charge is 0.465 e. The first-order valence-electron chi connectivity index (χ1n) is 7.95. The monoisotopic (exact) mass is 357 g/mol. The first-order valence-corrected chi connectivity index (χ1v) is 8.71. The molecule has 1 aromatic rings. The van der Waals surface area contributed by atoms with Crippen molar-refractivity contribution in [2.24, 2.45) is 11.8 Å². The van der Waals surface area contributed by atoms with Gasteiger partial charge < -0.3 is 10.1 Å². The Bertz CT molecular complexity index is 571. The Kier molecular flexibility index (Phi) is 6.72. The van der Waals surface area contributed by atoms with E-state index in [1.54, 1.807) is 25.1 Å². The molecule has 1 aliphatic rings. The second-order valence-electron chi connectivity index (χ2n) is 5.75. The Morgan fingerprint density at radius 2 is 1.91 bits per heavy atom. The van der Waals surface area contributed by atoms with Gasteiger partial charge in [-0.2, -0.15) is 0 Å². The number of nitrogens with one attached hydrogen (secondary N) is 1. The number of ether oxygens (including phenoxy) is 1. The highest BCUT2D eigenvalue weighted by atomic mass is 35.5. The molecule has 6 heteroatoms. The van der Waals surface area contributed by atoms with Crippen molar-refractivity contribution in [3.63, 3.8) is 0 Å². The molecule has 0 aliphatic heterocycles. The lowest BCUT2D eigenvalue weighted by atomic mass is 9.79. The van der Waals surface area contributed by atoms with Crippen LogP contribution in [0.3, 0.4) is 0 Å². The second kappa shape index (κ2) is 8.55. The zero-order chi connectivity index (χ0) is 16.8. The first-order chi connectivity index (χ1) is 11.0. The highest BCUT2D eigenvalue weighted by Crippen LogP contribution is 2.32. The normalized spacial score (nSPS) is 16.7. The number of benzene rings is 1. The molecule has 0 bridgehead atoms. The van der Waals surface area contributed by atoms with Crippen LogP contribution < -0.4 is 5.32 Å². The predicted octanol–water partition coefficient (Wildman–Crippen LogP) is 4.69. The lowest BCUT2D eigenvalue weighted by Gasteiger charge is -2.28. The van der Waals surface area contributed by atoms with Crippen LogP contribution in [0.2, 0.25) is 10.0 Å². The minimum Gasteiger partial charge on any atom is -0.465 e. The van der Waals surface area contributed by atoms with Crippen molar-refractivity contribution in [2.45, 2.75) is 39.0 Å². The molecule has 0 saturated heterocycles. The van der Waals surface area contributed by atoms with E-state index in [0.717, 1.165) is 32.1 Å². The molecule has 2 rings (SSSR count). The Labute approximate surface area is 146 Å². The number of hydrogen-bond acceptors (Lipinski definition) is 3. The molecule has 1 aliphatic carbocycles. The molecule has 126 valence electrons. The van der Waals surface area contributed by atoms with E-state index < -0.39 is 11.9 Å². The van der Waals surface area contributed by atoms with Gasteiger partial charge in [-0.1, -0.05) is 42.5 Å². The first kappa shape index (κ1) is 18.1. The number of carbonyl (C=O) groups excluding carboxylic acids is 2. The maximum absolute atomic E-state index is 12.6. The Morgan fingerprint density at radius 3 is 2.52 bits per heavy atom. The van der Waals surface area contributed by atoms with E-state index in [0.29, 0.717) is 15.7 Å². The fourth-order valence-corrected chi connectivity index (χ4v) is 3.31. The van der Waals surface area contributed by atoms with Gasteiger partial charge >= 0.3 is 5.97 Å². The zero-order valence-corrected chi connectivity index (χ0v) is 14.6. The van der Waals surface area contributed by atoms with Crippen LogP contribution in [0.15, 0.2) is 18.2 Å². The van der Waals surface area contributed by atoms with Gasteiger partial charge in [-0.15, -0.1) is 0 Å². The maximum atomic E-state index is 12.6. The summed E-state index contributed by atoms with van der Waals surface area (Å²) in [5, 5.41) is 3.54. The van der Waals surface area contributed by atoms with Crippen LogP contribution >= 0.6 is 23.2 Å². The number of carbonyl (C=O) groups is 2. The number of halogens is 2. The molecular formula is C17H21Cl2NO3. The number of anilines is 1. The van der Waals surface area contributed by atoms with E-state index in [1.807, 2.05) is 0 Å². The highest BCUT2D eigenvalue weighted by molar-refractivity contribution is 6.42. The third-order valence-corrected chi connectivity index (χ3v) is 4.87. The van der Waals surface area contributed by atoms with Crippen molar-refractivity contribution in [2.75, 3.05) is 11.9 Å². The molecule has 0 unspecified atom stereocenters. The van der Waals surface area contributed by atoms with Crippen LogP contribution in [0.25, 0.3) is 0 Å². The van der Waals surface area contributed by atoms with Crippen LogP contribution in [0.5, 0.6) is 0 Å². The summed E-state index contributed by atoms with van der Waals surface area (Å²) in [5.74, 6) is -1.53. The molecule has 23 heavy (non-hydrogen) atoms. The molecular weight excluding hydrogens is 337 g/mol. The van der Waals surface area contributed by atoms with E-state index in [1.165, 1.54) is 0 Å². The number of amides is 1. The lowest BCUT2D eigenvalue weighted by Crippen LogP contribution is -2.37. The summed E-state index contributed by atoms with van der Waals surface area (Å²) >= 11 is 11.8. The molecule has 1 fully saturated rings. The number of esters is 1. The molecule has 1 aromatic carbocycles. The quantitative estimate of drug-likeness (QED) is 0.614. The molecule has 1 N–H and O–H groups in total. The van der Waals surface area contributed by atoms with Gasteiger partial charge in [-0.05, 0) is 43.9 Å². The van der Waals surface area contributed by atoms with Crippen LogP contribution in [0.4, 0.5) is 5.69 Å². The molecule has 1 saturated carbocycles. The average molecular weight is 358 g/mol. The topological polar surface area (TPSA) is 55.4 Å². The Balaban J connectivity index is 2.14. The minimum atomic E-state index is -0.773. The van der Waals surface area contributed by atoms with Gasteiger partial charge in [-0.3, -0.25) is 9.59 Å². The predicted molar refractivity (Wildman–Crippen MR) is 91.8 cm³/mol. The van der Waals surface area contributed by atoms with Crippen molar-refractivity contribution in [1.29, 1.82) is 0 Å². The Morgan fingerprint density at radius 1 is 1.22 bits per heavy atom. The number of rotatable bonds is 5. The summed E-state index contributed by atoms with van der Waals surface area (Å²) in [5.41, 5.74) is 0.523. The van der Waals surface area contributed by atoms with Crippen LogP contribution in [0.1, 0.15) is 39.0 Å². The van der Waals surface area contributed by atoms with E-state index in [4.69, 9.17) is 27.9 Å². The van der Waals surface area contributed by atoms with Gasteiger partial charge in [-0.25, -0.2) is 0 Å². The van der Waals surface area contributed by atoms with Gasteiger partial charge in [0.2, 0.25) is 5.91 Å².